The lowest BCUT2D eigenvalue weighted by Crippen LogP contribution is -2.24. The first-order chi connectivity index (χ1) is 8.15. The number of aryl methyl sites for hydroxylation is 1. The number of hydrogen-bond donors (Lipinski definition) is 0. The number of benzene rings is 1. The van der Waals surface area contributed by atoms with Gasteiger partial charge >= 0.3 is 0 Å². The second kappa shape index (κ2) is 3.74. The highest BCUT2D eigenvalue weighted by molar-refractivity contribution is 6.24. The molecule has 0 spiro atoms. The third kappa shape index (κ3) is 1.69. The van der Waals surface area contributed by atoms with Crippen molar-refractivity contribution in [2.45, 2.75) is 11.8 Å². The standard InChI is InChI=1S/C12H12ClN3O/c1-15-11-3-2-10(4-8(11)6-14-15)16-7-9(13)5-12(16)17/h2-4,6,9H,5,7H2,1H3. The first-order valence-corrected chi connectivity index (χ1v) is 5.95. The van der Waals surface area contributed by atoms with E-state index in [2.05, 4.69) is 5.10 Å². The molecule has 17 heavy (non-hydrogen) atoms. The van der Waals surface area contributed by atoms with Gasteiger partial charge in [-0.25, -0.2) is 0 Å². The van der Waals surface area contributed by atoms with Gasteiger partial charge in [0.05, 0.1) is 17.1 Å². The van der Waals surface area contributed by atoms with Gasteiger partial charge in [0.1, 0.15) is 0 Å². The quantitative estimate of drug-likeness (QED) is 0.725. The lowest BCUT2D eigenvalue weighted by atomic mass is 10.2. The number of hydrogen-bond acceptors (Lipinski definition) is 2. The molecular weight excluding hydrogens is 238 g/mol. The van der Waals surface area contributed by atoms with Crippen LogP contribution in [0.5, 0.6) is 0 Å². The van der Waals surface area contributed by atoms with Crippen molar-refractivity contribution in [3.8, 4) is 0 Å². The third-order valence-corrected chi connectivity index (χ3v) is 3.41. The first-order valence-electron chi connectivity index (χ1n) is 5.51. The van der Waals surface area contributed by atoms with Gasteiger partial charge in [-0.15, -0.1) is 11.6 Å². The summed E-state index contributed by atoms with van der Waals surface area (Å²) in [5.41, 5.74) is 1.96. The average molecular weight is 250 g/mol. The zero-order chi connectivity index (χ0) is 12.0. The Labute approximate surface area is 104 Å². The monoisotopic (exact) mass is 249 g/mol. The van der Waals surface area contributed by atoms with E-state index in [1.54, 1.807) is 11.1 Å². The third-order valence-electron chi connectivity index (χ3n) is 3.12. The average Bonchev–Trinajstić information content (AvgIpc) is 2.82. The summed E-state index contributed by atoms with van der Waals surface area (Å²) in [4.78, 5) is 13.5. The van der Waals surface area contributed by atoms with Gasteiger partial charge in [-0.05, 0) is 18.2 Å². The maximum absolute atomic E-state index is 11.7. The van der Waals surface area contributed by atoms with E-state index in [0.29, 0.717) is 13.0 Å². The van der Waals surface area contributed by atoms with Gasteiger partial charge in [0.15, 0.2) is 0 Å². The molecule has 2 heterocycles. The fourth-order valence-corrected chi connectivity index (χ4v) is 2.50. The largest absolute Gasteiger partial charge is 0.311 e. The smallest absolute Gasteiger partial charge is 0.228 e. The molecule has 1 aliphatic heterocycles. The Hall–Kier alpha value is -1.55. The molecule has 1 amide bonds. The number of anilines is 1. The van der Waals surface area contributed by atoms with Gasteiger partial charge in [0.2, 0.25) is 5.91 Å². The van der Waals surface area contributed by atoms with Gasteiger partial charge in [0.25, 0.3) is 0 Å². The summed E-state index contributed by atoms with van der Waals surface area (Å²) in [6.07, 6.45) is 2.23. The van der Waals surface area contributed by atoms with Gasteiger partial charge in [-0.3, -0.25) is 9.48 Å². The van der Waals surface area contributed by atoms with Crippen molar-refractivity contribution >= 4 is 34.1 Å². The number of alkyl halides is 1. The Morgan fingerprint density at radius 2 is 2.29 bits per heavy atom. The van der Waals surface area contributed by atoms with Crippen LogP contribution in [0.2, 0.25) is 0 Å². The van der Waals surface area contributed by atoms with Crippen LogP contribution in [0.25, 0.3) is 10.9 Å². The number of carbonyl (C=O) groups excluding carboxylic acids is 1. The van der Waals surface area contributed by atoms with Crippen LogP contribution in [0.1, 0.15) is 6.42 Å². The molecule has 2 aromatic rings. The normalized spacial score (nSPS) is 20.5. The Morgan fingerprint density at radius 1 is 1.47 bits per heavy atom. The van der Waals surface area contributed by atoms with Gasteiger partial charge in [-0.1, -0.05) is 0 Å². The van der Waals surface area contributed by atoms with Crippen LogP contribution in [-0.4, -0.2) is 27.6 Å². The highest BCUT2D eigenvalue weighted by Crippen LogP contribution is 2.27. The summed E-state index contributed by atoms with van der Waals surface area (Å²) in [6, 6.07) is 5.90. The minimum absolute atomic E-state index is 0.0768. The number of carbonyl (C=O) groups is 1. The molecule has 5 heteroatoms. The molecule has 0 radical (unpaired) electrons. The van der Waals surface area contributed by atoms with E-state index in [-0.39, 0.29) is 11.3 Å². The fraction of sp³-hybridized carbons (Fsp3) is 0.333. The highest BCUT2D eigenvalue weighted by Gasteiger charge is 2.29. The zero-order valence-electron chi connectivity index (χ0n) is 9.43. The van der Waals surface area contributed by atoms with Crippen LogP contribution in [-0.2, 0) is 11.8 Å². The van der Waals surface area contributed by atoms with Crippen molar-refractivity contribution in [2.75, 3.05) is 11.4 Å². The molecule has 88 valence electrons. The molecule has 0 bridgehead atoms. The summed E-state index contributed by atoms with van der Waals surface area (Å²) >= 11 is 6.00. The second-order valence-electron chi connectivity index (χ2n) is 4.32. The van der Waals surface area contributed by atoms with Crippen molar-refractivity contribution < 1.29 is 4.79 Å². The van der Waals surface area contributed by atoms with Crippen LogP contribution in [0, 0.1) is 0 Å². The minimum Gasteiger partial charge on any atom is -0.311 e. The molecule has 0 N–H and O–H groups in total. The van der Waals surface area contributed by atoms with Crippen LogP contribution < -0.4 is 4.90 Å². The van der Waals surface area contributed by atoms with Crippen LogP contribution in [0.3, 0.4) is 0 Å². The van der Waals surface area contributed by atoms with Crippen molar-refractivity contribution in [3.63, 3.8) is 0 Å². The van der Waals surface area contributed by atoms with E-state index in [4.69, 9.17) is 11.6 Å². The molecule has 1 aromatic heterocycles. The van der Waals surface area contributed by atoms with Crippen LogP contribution >= 0.6 is 11.6 Å². The number of fused-ring (bicyclic) bond motifs is 1. The summed E-state index contributed by atoms with van der Waals surface area (Å²) < 4.78 is 1.81. The van der Waals surface area contributed by atoms with E-state index >= 15 is 0 Å². The number of halogens is 1. The van der Waals surface area contributed by atoms with E-state index < -0.39 is 0 Å². The Kier molecular flexibility index (Phi) is 2.33. The fourth-order valence-electron chi connectivity index (χ4n) is 2.23. The maximum Gasteiger partial charge on any atom is 0.228 e. The van der Waals surface area contributed by atoms with E-state index in [1.165, 1.54) is 0 Å². The Balaban J connectivity index is 2.03. The van der Waals surface area contributed by atoms with Gasteiger partial charge in [0, 0.05) is 31.1 Å². The zero-order valence-corrected chi connectivity index (χ0v) is 10.2. The lowest BCUT2D eigenvalue weighted by molar-refractivity contribution is -0.117. The van der Waals surface area contributed by atoms with Gasteiger partial charge < -0.3 is 4.90 Å². The lowest BCUT2D eigenvalue weighted by Gasteiger charge is -2.15. The molecule has 4 nitrogen and oxygen atoms in total. The molecule has 1 saturated heterocycles. The highest BCUT2D eigenvalue weighted by atomic mass is 35.5. The molecule has 1 atom stereocenters. The van der Waals surface area contributed by atoms with Crippen LogP contribution in [0.4, 0.5) is 5.69 Å². The number of rotatable bonds is 1. The Morgan fingerprint density at radius 3 is 3.00 bits per heavy atom. The molecule has 1 aromatic carbocycles. The van der Waals surface area contributed by atoms with E-state index in [1.807, 2.05) is 29.9 Å². The molecule has 1 unspecified atom stereocenters. The molecule has 0 aliphatic carbocycles. The second-order valence-corrected chi connectivity index (χ2v) is 4.93. The molecule has 0 saturated carbocycles. The number of nitrogens with zero attached hydrogens (tertiary/aromatic N) is 3. The van der Waals surface area contributed by atoms with Crippen LogP contribution in [0.15, 0.2) is 24.4 Å². The Bertz CT molecular complexity index is 592. The van der Waals surface area contributed by atoms with Crippen molar-refractivity contribution in [3.05, 3.63) is 24.4 Å². The SMILES string of the molecule is Cn1ncc2cc(N3CC(Cl)CC3=O)ccc21. The minimum atomic E-state index is -0.0768. The summed E-state index contributed by atoms with van der Waals surface area (Å²) in [5.74, 6) is 0.0910. The predicted molar refractivity (Wildman–Crippen MR) is 67.3 cm³/mol. The molecular formula is C12H12ClN3O. The van der Waals surface area contributed by atoms with E-state index in [9.17, 15) is 4.79 Å². The number of aromatic nitrogens is 2. The predicted octanol–water partition coefficient (Wildman–Crippen LogP) is 1.92. The first kappa shape index (κ1) is 10.6. The molecule has 1 aliphatic rings. The number of amides is 1. The van der Waals surface area contributed by atoms with Crippen molar-refractivity contribution in [2.24, 2.45) is 7.05 Å². The molecule has 1 fully saturated rings. The molecule has 3 rings (SSSR count). The van der Waals surface area contributed by atoms with E-state index in [0.717, 1.165) is 16.6 Å². The van der Waals surface area contributed by atoms with Gasteiger partial charge in [-0.2, -0.15) is 5.10 Å². The summed E-state index contributed by atoms with van der Waals surface area (Å²) in [5, 5.41) is 5.15. The summed E-state index contributed by atoms with van der Waals surface area (Å²) in [7, 11) is 1.90. The summed E-state index contributed by atoms with van der Waals surface area (Å²) in [6.45, 7) is 0.589. The maximum atomic E-state index is 11.7. The topological polar surface area (TPSA) is 38.1 Å². The van der Waals surface area contributed by atoms with Crippen molar-refractivity contribution in [1.29, 1.82) is 0 Å². The van der Waals surface area contributed by atoms with Crippen molar-refractivity contribution in [1.82, 2.24) is 9.78 Å².